The lowest BCUT2D eigenvalue weighted by Crippen LogP contribution is -2.39. The molecule has 5 heteroatoms. The van der Waals surface area contributed by atoms with Crippen molar-refractivity contribution in [3.63, 3.8) is 0 Å². The van der Waals surface area contributed by atoms with Crippen LogP contribution in [-0.2, 0) is 11.3 Å². The summed E-state index contributed by atoms with van der Waals surface area (Å²) in [5.41, 5.74) is 5.01. The van der Waals surface area contributed by atoms with Crippen LogP contribution in [0.1, 0.15) is 32.3 Å². The van der Waals surface area contributed by atoms with Crippen LogP contribution in [0.2, 0.25) is 0 Å². The van der Waals surface area contributed by atoms with E-state index in [1.165, 1.54) is 0 Å². The first kappa shape index (κ1) is 20.5. The summed E-state index contributed by atoms with van der Waals surface area (Å²) < 4.78 is 5.38. The average Bonchev–Trinajstić information content (AvgIpc) is 2.75. The van der Waals surface area contributed by atoms with Crippen molar-refractivity contribution in [2.45, 2.75) is 33.3 Å². The molecule has 2 aromatic carbocycles. The molecule has 144 valence electrons. The Hall–Kier alpha value is -2.82. The second-order valence-corrected chi connectivity index (χ2v) is 6.12. The molecule has 1 fully saturated rings. The predicted molar refractivity (Wildman–Crippen MR) is 111 cm³/mol. The van der Waals surface area contributed by atoms with Gasteiger partial charge in [-0.1, -0.05) is 62.4 Å². The highest BCUT2D eigenvalue weighted by atomic mass is 16.6. The van der Waals surface area contributed by atoms with Crippen molar-refractivity contribution >= 4 is 18.0 Å². The van der Waals surface area contributed by atoms with Gasteiger partial charge in [0, 0.05) is 19.3 Å². The maximum atomic E-state index is 12.1. The number of hydrogen-bond acceptors (Lipinski definition) is 4. The van der Waals surface area contributed by atoms with Crippen LogP contribution in [0, 0.1) is 5.92 Å². The number of ether oxygens (including phenoxy) is 1. The normalized spacial score (nSPS) is 14.4. The lowest BCUT2D eigenvalue weighted by Gasteiger charge is -2.29. The smallest absolute Gasteiger partial charge is 0.410 e. The Balaban J connectivity index is 0.00000126. The SMILES string of the molecule is CC.O=C(OCc1ccccc1)N1CCC(/C=N/Nc2ccccc2)CC1. The zero-order valence-corrected chi connectivity index (χ0v) is 16.2. The van der Waals surface area contributed by atoms with Crippen molar-refractivity contribution in [2.24, 2.45) is 11.0 Å². The molecule has 0 bridgehead atoms. The lowest BCUT2D eigenvalue weighted by molar-refractivity contribution is 0.0867. The summed E-state index contributed by atoms with van der Waals surface area (Å²) in [6.45, 7) is 5.73. The van der Waals surface area contributed by atoms with Gasteiger partial charge in [-0.3, -0.25) is 5.43 Å². The maximum Gasteiger partial charge on any atom is 0.410 e. The number of rotatable bonds is 5. The van der Waals surface area contributed by atoms with E-state index in [-0.39, 0.29) is 6.09 Å². The van der Waals surface area contributed by atoms with Crippen molar-refractivity contribution in [1.29, 1.82) is 0 Å². The summed E-state index contributed by atoms with van der Waals surface area (Å²) >= 11 is 0. The van der Waals surface area contributed by atoms with Crippen LogP contribution in [-0.4, -0.2) is 30.3 Å². The van der Waals surface area contributed by atoms with Gasteiger partial charge < -0.3 is 9.64 Å². The standard InChI is InChI=1S/C20H23N3O2.C2H6/c24-20(25-16-18-7-3-1-4-8-18)23-13-11-17(12-14-23)15-21-22-19-9-5-2-6-10-19;1-2/h1-10,15,17,22H,11-14,16H2;1-2H3/b21-15+;. The number of hydrogen-bond donors (Lipinski definition) is 1. The molecule has 2 aromatic rings. The molecule has 0 unspecified atom stereocenters. The molecule has 0 atom stereocenters. The zero-order valence-electron chi connectivity index (χ0n) is 16.2. The largest absolute Gasteiger partial charge is 0.445 e. The Morgan fingerprint density at radius 1 is 1.07 bits per heavy atom. The van der Waals surface area contributed by atoms with E-state index in [0.29, 0.717) is 25.6 Å². The van der Waals surface area contributed by atoms with Crippen LogP contribution in [0.4, 0.5) is 10.5 Å². The second-order valence-electron chi connectivity index (χ2n) is 6.12. The number of nitrogens with one attached hydrogen (secondary N) is 1. The molecule has 0 radical (unpaired) electrons. The van der Waals surface area contributed by atoms with Crippen molar-refractivity contribution in [2.75, 3.05) is 18.5 Å². The molecule has 27 heavy (non-hydrogen) atoms. The van der Waals surface area contributed by atoms with Gasteiger partial charge in [-0.2, -0.15) is 5.10 Å². The van der Waals surface area contributed by atoms with E-state index < -0.39 is 0 Å². The number of carbonyl (C=O) groups is 1. The highest BCUT2D eigenvalue weighted by Crippen LogP contribution is 2.17. The van der Waals surface area contributed by atoms with E-state index in [2.05, 4.69) is 10.5 Å². The van der Waals surface area contributed by atoms with E-state index in [4.69, 9.17) is 4.74 Å². The van der Waals surface area contributed by atoms with Gasteiger partial charge in [0.25, 0.3) is 0 Å². The van der Waals surface area contributed by atoms with Gasteiger partial charge in [-0.05, 0) is 36.5 Å². The van der Waals surface area contributed by atoms with Crippen molar-refractivity contribution < 1.29 is 9.53 Å². The third-order valence-corrected chi connectivity index (χ3v) is 4.26. The van der Waals surface area contributed by atoms with Gasteiger partial charge in [0.15, 0.2) is 0 Å². The van der Waals surface area contributed by atoms with Gasteiger partial charge >= 0.3 is 6.09 Å². The van der Waals surface area contributed by atoms with Crippen LogP contribution >= 0.6 is 0 Å². The Bertz CT molecular complexity index is 681. The molecular formula is C22H29N3O2. The third-order valence-electron chi connectivity index (χ3n) is 4.26. The fourth-order valence-electron chi connectivity index (χ4n) is 2.77. The lowest BCUT2D eigenvalue weighted by atomic mass is 9.99. The molecule has 5 nitrogen and oxygen atoms in total. The van der Waals surface area contributed by atoms with Gasteiger partial charge in [0.05, 0.1) is 5.69 Å². The summed E-state index contributed by atoms with van der Waals surface area (Å²) in [7, 11) is 0. The van der Waals surface area contributed by atoms with Gasteiger partial charge in [0.1, 0.15) is 6.61 Å². The van der Waals surface area contributed by atoms with E-state index in [9.17, 15) is 4.79 Å². The Morgan fingerprint density at radius 3 is 2.30 bits per heavy atom. The number of hydrazone groups is 1. The third kappa shape index (κ3) is 7.13. The topological polar surface area (TPSA) is 53.9 Å². The van der Waals surface area contributed by atoms with Crippen LogP contribution in [0.5, 0.6) is 0 Å². The molecular weight excluding hydrogens is 338 g/mol. The fourth-order valence-corrected chi connectivity index (χ4v) is 2.77. The van der Waals surface area contributed by atoms with E-state index in [1.54, 1.807) is 4.90 Å². The van der Waals surface area contributed by atoms with Crippen LogP contribution in [0.3, 0.4) is 0 Å². The number of piperidine rings is 1. The molecule has 1 amide bonds. The minimum Gasteiger partial charge on any atom is -0.445 e. The molecule has 1 saturated heterocycles. The number of anilines is 1. The van der Waals surface area contributed by atoms with Gasteiger partial charge in [-0.25, -0.2) is 4.79 Å². The molecule has 3 rings (SSSR count). The molecule has 1 heterocycles. The average molecular weight is 367 g/mol. The van der Waals surface area contributed by atoms with E-state index >= 15 is 0 Å². The van der Waals surface area contributed by atoms with Gasteiger partial charge in [0.2, 0.25) is 0 Å². The van der Waals surface area contributed by atoms with Crippen LogP contribution < -0.4 is 5.43 Å². The first-order chi connectivity index (χ1) is 13.3. The molecule has 0 aliphatic carbocycles. The number of carbonyl (C=O) groups excluding carboxylic acids is 1. The summed E-state index contributed by atoms with van der Waals surface area (Å²) in [5, 5.41) is 4.30. The Kier molecular flexibility index (Phi) is 8.90. The molecule has 1 aliphatic heterocycles. The fraction of sp³-hybridized carbons (Fsp3) is 0.364. The second kappa shape index (κ2) is 11.7. The maximum absolute atomic E-state index is 12.1. The van der Waals surface area contributed by atoms with E-state index in [1.807, 2.05) is 80.7 Å². The molecule has 1 aliphatic rings. The molecule has 0 spiro atoms. The van der Waals surface area contributed by atoms with Crippen molar-refractivity contribution in [3.05, 3.63) is 66.2 Å². The Morgan fingerprint density at radius 2 is 1.67 bits per heavy atom. The number of para-hydroxylation sites is 1. The Labute approximate surface area is 162 Å². The minimum atomic E-state index is -0.235. The number of amides is 1. The predicted octanol–water partition coefficient (Wildman–Crippen LogP) is 5.16. The van der Waals surface area contributed by atoms with Crippen LogP contribution in [0.15, 0.2) is 65.8 Å². The molecule has 1 N–H and O–H groups in total. The molecule has 0 saturated carbocycles. The minimum absolute atomic E-state index is 0.235. The summed E-state index contributed by atoms with van der Waals surface area (Å²) in [6.07, 6.45) is 3.52. The molecule has 0 aromatic heterocycles. The monoisotopic (exact) mass is 367 g/mol. The number of benzene rings is 2. The van der Waals surface area contributed by atoms with Crippen LogP contribution in [0.25, 0.3) is 0 Å². The van der Waals surface area contributed by atoms with Crippen molar-refractivity contribution in [3.8, 4) is 0 Å². The number of likely N-dealkylation sites (tertiary alicyclic amines) is 1. The number of nitrogens with zero attached hydrogens (tertiary/aromatic N) is 2. The van der Waals surface area contributed by atoms with Gasteiger partial charge in [-0.15, -0.1) is 0 Å². The summed E-state index contributed by atoms with van der Waals surface area (Å²) in [6, 6.07) is 19.6. The summed E-state index contributed by atoms with van der Waals surface area (Å²) in [4.78, 5) is 13.9. The first-order valence-corrected chi connectivity index (χ1v) is 9.61. The first-order valence-electron chi connectivity index (χ1n) is 9.61. The summed E-state index contributed by atoms with van der Waals surface area (Å²) in [5.74, 6) is 0.384. The van der Waals surface area contributed by atoms with Crippen molar-refractivity contribution in [1.82, 2.24) is 4.90 Å². The quantitative estimate of drug-likeness (QED) is 0.587. The zero-order chi connectivity index (χ0) is 19.3. The van der Waals surface area contributed by atoms with E-state index in [0.717, 1.165) is 24.1 Å². The highest BCUT2D eigenvalue weighted by molar-refractivity contribution is 5.68. The highest BCUT2D eigenvalue weighted by Gasteiger charge is 2.22.